The van der Waals surface area contributed by atoms with Gasteiger partial charge in [0, 0.05) is 11.8 Å². The Morgan fingerprint density at radius 1 is 0.786 bits per heavy atom. The molecule has 0 aromatic rings. The molecule has 2 fully saturated rings. The first kappa shape index (κ1) is 10.5. The molecular formula is C13H26N+. The Morgan fingerprint density at radius 2 is 1.29 bits per heavy atom. The Bertz CT molecular complexity index is 168. The zero-order chi connectivity index (χ0) is 10.0. The van der Waals surface area contributed by atoms with Gasteiger partial charge in [-0.1, -0.05) is 13.8 Å². The largest absolute Gasteiger partial charge is 0.323 e. The Balaban J connectivity index is 2.05. The van der Waals surface area contributed by atoms with E-state index in [1.807, 2.05) is 0 Å². The van der Waals surface area contributed by atoms with Crippen LogP contribution in [0.4, 0.5) is 0 Å². The maximum absolute atomic E-state index is 2.46. The number of rotatable bonds is 0. The van der Waals surface area contributed by atoms with E-state index in [4.69, 9.17) is 0 Å². The van der Waals surface area contributed by atoms with Crippen molar-refractivity contribution in [3.63, 3.8) is 0 Å². The minimum absolute atomic E-state index is 0.970. The van der Waals surface area contributed by atoms with Crippen LogP contribution < -0.4 is 0 Å². The summed E-state index contributed by atoms with van der Waals surface area (Å²) in [7, 11) is 0. The molecule has 2 aliphatic heterocycles. The van der Waals surface area contributed by atoms with Gasteiger partial charge in [-0.2, -0.15) is 0 Å². The predicted molar refractivity (Wildman–Crippen MR) is 61.1 cm³/mol. The molecule has 0 N–H and O–H groups in total. The van der Waals surface area contributed by atoms with Crippen molar-refractivity contribution in [1.82, 2.24) is 0 Å². The number of piperidine rings is 1. The highest BCUT2D eigenvalue weighted by Crippen LogP contribution is 2.29. The molecule has 2 saturated heterocycles. The lowest BCUT2D eigenvalue weighted by molar-refractivity contribution is -0.936. The third-order valence-electron chi connectivity index (χ3n) is 4.32. The number of nitrogens with zero attached hydrogens (tertiary/aromatic N) is 1. The first-order valence-corrected chi connectivity index (χ1v) is 6.55. The van der Waals surface area contributed by atoms with Crippen LogP contribution in [0.25, 0.3) is 0 Å². The molecule has 82 valence electrons. The lowest BCUT2D eigenvalue weighted by Gasteiger charge is -2.43. The summed E-state index contributed by atoms with van der Waals surface area (Å²) < 4.78 is 1.47. The number of hydrogen-bond donors (Lipinski definition) is 0. The molecule has 0 aliphatic carbocycles. The van der Waals surface area contributed by atoms with Gasteiger partial charge in [-0.05, 0) is 32.1 Å². The van der Waals surface area contributed by atoms with Crippen LogP contribution in [-0.4, -0.2) is 30.7 Å². The second kappa shape index (κ2) is 4.22. The molecule has 2 aliphatic rings. The minimum atomic E-state index is 0.970. The fourth-order valence-electron chi connectivity index (χ4n) is 3.70. The van der Waals surface area contributed by atoms with E-state index in [2.05, 4.69) is 13.8 Å². The molecule has 0 aromatic heterocycles. The van der Waals surface area contributed by atoms with E-state index in [9.17, 15) is 0 Å². The average Bonchev–Trinajstić information content (AvgIpc) is 2.27. The monoisotopic (exact) mass is 196 g/mol. The van der Waals surface area contributed by atoms with Gasteiger partial charge in [-0.3, -0.25) is 0 Å². The van der Waals surface area contributed by atoms with Crippen LogP contribution >= 0.6 is 0 Å². The first-order chi connectivity index (χ1) is 6.70. The Kier molecular flexibility index (Phi) is 3.16. The second-order valence-electron chi connectivity index (χ2n) is 6.00. The van der Waals surface area contributed by atoms with Gasteiger partial charge < -0.3 is 4.48 Å². The Labute approximate surface area is 89.1 Å². The molecule has 2 unspecified atom stereocenters. The van der Waals surface area contributed by atoms with Crippen molar-refractivity contribution in [1.29, 1.82) is 0 Å². The van der Waals surface area contributed by atoms with Crippen molar-refractivity contribution in [3.05, 3.63) is 0 Å². The van der Waals surface area contributed by atoms with Crippen molar-refractivity contribution in [2.75, 3.05) is 26.2 Å². The van der Waals surface area contributed by atoms with Gasteiger partial charge in [0.1, 0.15) is 0 Å². The van der Waals surface area contributed by atoms with Crippen LogP contribution in [0.5, 0.6) is 0 Å². The van der Waals surface area contributed by atoms with Gasteiger partial charge in [0.05, 0.1) is 26.2 Å². The molecule has 2 atom stereocenters. The zero-order valence-corrected chi connectivity index (χ0v) is 9.97. The molecule has 0 radical (unpaired) electrons. The van der Waals surface area contributed by atoms with Gasteiger partial charge in [-0.15, -0.1) is 0 Å². The molecule has 0 bridgehead atoms. The SMILES string of the molecule is CC1CCC(C)C[N+]2(CCCCC2)C1. The van der Waals surface area contributed by atoms with Gasteiger partial charge in [-0.25, -0.2) is 0 Å². The van der Waals surface area contributed by atoms with Crippen LogP contribution in [0, 0.1) is 11.8 Å². The molecule has 1 nitrogen and oxygen atoms in total. The van der Waals surface area contributed by atoms with E-state index in [0.717, 1.165) is 11.8 Å². The van der Waals surface area contributed by atoms with Gasteiger partial charge >= 0.3 is 0 Å². The summed E-state index contributed by atoms with van der Waals surface area (Å²) in [6, 6.07) is 0. The summed E-state index contributed by atoms with van der Waals surface area (Å²) in [4.78, 5) is 0. The highest BCUT2D eigenvalue weighted by Gasteiger charge is 2.35. The number of quaternary nitrogens is 1. The fourth-order valence-corrected chi connectivity index (χ4v) is 3.70. The quantitative estimate of drug-likeness (QED) is 0.522. The number of hydrogen-bond acceptors (Lipinski definition) is 0. The van der Waals surface area contributed by atoms with Gasteiger partial charge in [0.25, 0.3) is 0 Å². The molecule has 2 rings (SSSR count). The highest BCUT2D eigenvalue weighted by molar-refractivity contribution is 4.67. The van der Waals surface area contributed by atoms with Gasteiger partial charge in [0.2, 0.25) is 0 Å². The Morgan fingerprint density at radius 3 is 1.79 bits per heavy atom. The molecule has 14 heavy (non-hydrogen) atoms. The lowest BCUT2D eigenvalue weighted by atomic mass is 10.0. The standard InChI is InChI=1S/C13H26N/c1-12-6-7-13(2)11-14(10-12)8-4-3-5-9-14/h12-13H,3-11H2,1-2H3/q+1. The summed E-state index contributed by atoms with van der Waals surface area (Å²) in [5.74, 6) is 1.94. The summed E-state index contributed by atoms with van der Waals surface area (Å²) in [6.45, 7) is 10.8. The molecule has 1 spiro atoms. The van der Waals surface area contributed by atoms with E-state index in [0.29, 0.717) is 0 Å². The van der Waals surface area contributed by atoms with E-state index < -0.39 is 0 Å². The van der Waals surface area contributed by atoms with Crippen LogP contribution in [0.2, 0.25) is 0 Å². The van der Waals surface area contributed by atoms with E-state index in [1.165, 1.54) is 62.8 Å². The van der Waals surface area contributed by atoms with Crippen molar-refractivity contribution >= 4 is 0 Å². The van der Waals surface area contributed by atoms with Crippen LogP contribution in [0.15, 0.2) is 0 Å². The molecule has 2 heterocycles. The minimum Gasteiger partial charge on any atom is -0.323 e. The normalized spacial score (nSPS) is 38.1. The van der Waals surface area contributed by atoms with Crippen molar-refractivity contribution in [3.8, 4) is 0 Å². The lowest BCUT2D eigenvalue weighted by Crippen LogP contribution is -2.54. The smallest absolute Gasteiger partial charge is 0.0812 e. The van der Waals surface area contributed by atoms with Crippen molar-refractivity contribution in [2.24, 2.45) is 11.8 Å². The third kappa shape index (κ3) is 2.31. The van der Waals surface area contributed by atoms with Crippen LogP contribution in [0.1, 0.15) is 46.0 Å². The topological polar surface area (TPSA) is 0 Å². The summed E-state index contributed by atoms with van der Waals surface area (Å²) in [6.07, 6.45) is 7.41. The molecule has 1 heteroatoms. The maximum atomic E-state index is 2.46. The average molecular weight is 196 g/mol. The third-order valence-corrected chi connectivity index (χ3v) is 4.32. The molecule has 0 saturated carbocycles. The first-order valence-electron chi connectivity index (χ1n) is 6.55. The summed E-state index contributed by atoms with van der Waals surface area (Å²) in [5.41, 5.74) is 0. The molecule has 0 aromatic carbocycles. The highest BCUT2D eigenvalue weighted by atomic mass is 15.4. The molecule has 0 amide bonds. The summed E-state index contributed by atoms with van der Waals surface area (Å²) in [5, 5.41) is 0. The van der Waals surface area contributed by atoms with Crippen LogP contribution in [-0.2, 0) is 0 Å². The molecular weight excluding hydrogens is 170 g/mol. The van der Waals surface area contributed by atoms with Crippen molar-refractivity contribution in [2.45, 2.75) is 46.0 Å². The fraction of sp³-hybridized carbons (Fsp3) is 1.00. The summed E-state index contributed by atoms with van der Waals surface area (Å²) >= 11 is 0. The van der Waals surface area contributed by atoms with E-state index in [1.54, 1.807) is 0 Å². The van der Waals surface area contributed by atoms with E-state index in [-0.39, 0.29) is 0 Å². The predicted octanol–water partition coefficient (Wildman–Crippen LogP) is 3.05. The Hall–Kier alpha value is -0.0400. The van der Waals surface area contributed by atoms with Gasteiger partial charge in [0.15, 0.2) is 0 Å². The van der Waals surface area contributed by atoms with Crippen molar-refractivity contribution < 1.29 is 4.48 Å². The second-order valence-corrected chi connectivity index (χ2v) is 6.00. The zero-order valence-electron chi connectivity index (χ0n) is 9.97. The van der Waals surface area contributed by atoms with E-state index >= 15 is 0 Å². The maximum Gasteiger partial charge on any atom is 0.0812 e. The van der Waals surface area contributed by atoms with Crippen LogP contribution in [0.3, 0.4) is 0 Å².